The zero-order chi connectivity index (χ0) is 17.5. The smallest absolute Gasteiger partial charge is 0.112 e. The molecule has 1 unspecified atom stereocenters. The first-order chi connectivity index (χ1) is 10.7. The van der Waals surface area contributed by atoms with Crippen LogP contribution in [-0.4, -0.2) is 33.8 Å². The van der Waals surface area contributed by atoms with Crippen molar-refractivity contribution in [3.8, 4) is 0 Å². The van der Waals surface area contributed by atoms with Crippen molar-refractivity contribution in [3.05, 3.63) is 35.9 Å². The molecule has 0 heterocycles. The molecule has 0 spiro atoms. The van der Waals surface area contributed by atoms with Crippen molar-refractivity contribution in [2.75, 3.05) is 13.1 Å². The Hall–Kier alpha value is -0.426. The number of benzene rings is 1. The van der Waals surface area contributed by atoms with Crippen LogP contribution in [0.4, 0.5) is 0 Å². The zero-order valence-corrected chi connectivity index (χ0v) is 18.4. The highest BCUT2D eigenvalue weighted by Gasteiger charge is 2.33. The average molecular weight is 351 g/mol. The largest absolute Gasteiger partial charge is 0.345 e. The third-order valence-electron chi connectivity index (χ3n) is 4.39. The van der Waals surface area contributed by atoms with Crippen LogP contribution in [-0.2, 0) is 0 Å². The predicted octanol–water partition coefficient (Wildman–Crippen LogP) is 5.48. The van der Waals surface area contributed by atoms with Gasteiger partial charge in [0.25, 0.3) is 0 Å². The first-order valence-corrected chi connectivity index (χ1v) is 16.1. The normalized spacial score (nSPS) is 14.3. The van der Waals surface area contributed by atoms with Gasteiger partial charge in [0.15, 0.2) is 0 Å². The average Bonchev–Trinajstić information content (AvgIpc) is 2.44. The monoisotopic (exact) mass is 350 g/mol. The number of rotatable bonds is 10. The molecule has 0 amide bonds. The lowest BCUT2D eigenvalue weighted by Crippen LogP contribution is -2.60. The number of hydrogen-bond donors (Lipinski definition) is 1. The Morgan fingerprint density at radius 3 is 2.00 bits per heavy atom. The standard InChI is InChI=1S/C19H38N2Si2/c1-8-9-15-19(18-13-11-10-12-14-18)20-16-17-21(22(2,3)4)23(5,6)7/h10-14,19-20H,8-9,15-17H2,1-7H3. The Balaban J connectivity index is 2.67. The van der Waals surface area contributed by atoms with Gasteiger partial charge in [0.1, 0.15) is 16.5 Å². The van der Waals surface area contributed by atoms with E-state index in [0.29, 0.717) is 6.04 Å². The van der Waals surface area contributed by atoms with Crippen LogP contribution in [0.1, 0.15) is 37.8 Å². The maximum atomic E-state index is 3.85. The van der Waals surface area contributed by atoms with Crippen LogP contribution in [0.25, 0.3) is 0 Å². The van der Waals surface area contributed by atoms with Crippen LogP contribution in [0.5, 0.6) is 0 Å². The Kier molecular flexibility index (Phi) is 8.21. The summed E-state index contributed by atoms with van der Waals surface area (Å²) in [7, 11) is -2.49. The van der Waals surface area contributed by atoms with Gasteiger partial charge in [-0.1, -0.05) is 89.4 Å². The number of nitrogens with zero attached hydrogens (tertiary/aromatic N) is 1. The molecule has 0 aliphatic carbocycles. The van der Waals surface area contributed by atoms with E-state index in [1.807, 2.05) is 0 Å². The first-order valence-electron chi connectivity index (χ1n) is 9.22. The summed E-state index contributed by atoms with van der Waals surface area (Å²) in [5, 5.41) is 3.85. The molecule has 23 heavy (non-hydrogen) atoms. The number of unbranched alkanes of at least 4 members (excludes halogenated alkanes) is 1. The SMILES string of the molecule is CCCCC(NCCN([Si](C)(C)C)[Si](C)(C)C)c1ccccc1. The fraction of sp³-hybridized carbons (Fsp3) is 0.684. The summed E-state index contributed by atoms with van der Waals surface area (Å²) >= 11 is 0. The Labute approximate surface area is 146 Å². The molecular formula is C19H38N2Si2. The van der Waals surface area contributed by atoms with E-state index in [-0.39, 0.29) is 0 Å². The van der Waals surface area contributed by atoms with Crippen molar-refractivity contribution in [3.63, 3.8) is 0 Å². The summed E-state index contributed by atoms with van der Waals surface area (Å²) < 4.78 is 2.87. The molecule has 0 aromatic heterocycles. The first kappa shape index (κ1) is 20.6. The predicted molar refractivity (Wildman–Crippen MR) is 110 cm³/mol. The molecule has 1 aromatic carbocycles. The molecule has 1 N–H and O–H groups in total. The molecule has 132 valence electrons. The fourth-order valence-electron chi connectivity index (χ4n) is 3.51. The lowest BCUT2D eigenvalue weighted by molar-refractivity contribution is 0.458. The minimum absolute atomic E-state index is 0.501. The summed E-state index contributed by atoms with van der Waals surface area (Å²) in [5.41, 5.74) is 1.44. The maximum absolute atomic E-state index is 3.85. The molecule has 0 bridgehead atoms. The molecule has 4 heteroatoms. The van der Waals surface area contributed by atoms with Crippen LogP contribution in [0.15, 0.2) is 30.3 Å². The molecule has 1 atom stereocenters. The highest BCUT2D eigenvalue weighted by molar-refractivity contribution is 6.89. The van der Waals surface area contributed by atoms with Gasteiger partial charge in [-0.25, -0.2) is 0 Å². The highest BCUT2D eigenvalue weighted by atomic mass is 28.4. The lowest BCUT2D eigenvalue weighted by Gasteiger charge is -2.43. The van der Waals surface area contributed by atoms with E-state index in [4.69, 9.17) is 0 Å². The summed E-state index contributed by atoms with van der Waals surface area (Å²) in [6.45, 7) is 19.5. The molecule has 0 aliphatic heterocycles. The fourth-order valence-corrected chi connectivity index (χ4v) is 13.1. The van der Waals surface area contributed by atoms with Gasteiger partial charge in [0, 0.05) is 12.6 Å². The molecular weight excluding hydrogens is 312 g/mol. The van der Waals surface area contributed by atoms with E-state index < -0.39 is 16.5 Å². The third-order valence-corrected chi connectivity index (χ3v) is 12.1. The quantitative estimate of drug-likeness (QED) is 0.562. The zero-order valence-electron chi connectivity index (χ0n) is 16.4. The van der Waals surface area contributed by atoms with E-state index >= 15 is 0 Å². The van der Waals surface area contributed by atoms with Gasteiger partial charge < -0.3 is 9.55 Å². The molecule has 0 fully saturated rings. The maximum Gasteiger partial charge on any atom is 0.112 e. The third kappa shape index (κ3) is 7.33. The summed E-state index contributed by atoms with van der Waals surface area (Å²) in [6, 6.07) is 11.5. The van der Waals surface area contributed by atoms with Gasteiger partial charge >= 0.3 is 0 Å². The summed E-state index contributed by atoms with van der Waals surface area (Å²) in [6.07, 6.45) is 3.79. The van der Waals surface area contributed by atoms with Gasteiger partial charge in [-0.05, 0) is 18.5 Å². The van der Waals surface area contributed by atoms with Crippen molar-refractivity contribution in [2.45, 2.75) is 71.5 Å². The molecule has 0 saturated carbocycles. The van der Waals surface area contributed by atoms with Gasteiger partial charge in [-0.15, -0.1) is 0 Å². The van der Waals surface area contributed by atoms with E-state index in [0.717, 1.165) is 6.54 Å². The minimum Gasteiger partial charge on any atom is -0.345 e. The molecule has 0 saturated heterocycles. The Morgan fingerprint density at radius 1 is 0.957 bits per heavy atom. The Morgan fingerprint density at radius 2 is 1.52 bits per heavy atom. The second-order valence-corrected chi connectivity index (χ2v) is 18.8. The Bertz CT molecular complexity index is 421. The van der Waals surface area contributed by atoms with Crippen molar-refractivity contribution >= 4 is 16.5 Å². The van der Waals surface area contributed by atoms with Crippen LogP contribution >= 0.6 is 0 Å². The topological polar surface area (TPSA) is 15.3 Å². The van der Waals surface area contributed by atoms with E-state index in [9.17, 15) is 0 Å². The molecule has 0 aliphatic rings. The van der Waals surface area contributed by atoms with Gasteiger partial charge in [-0.2, -0.15) is 0 Å². The lowest BCUT2D eigenvalue weighted by atomic mass is 10.0. The van der Waals surface area contributed by atoms with Crippen LogP contribution < -0.4 is 5.32 Å². The second-order valence-electron chi connectivity index (χ2n) is 8.55. The molecule has 2 nitrogen and oxygen atoms in total. The van der Waals surface area contributed by atoms with Crippen LogP contribution in [0.3, 0.4) is 0 Å². The molecule has 0 radical (unpaired) electrons. The highest BCUT2D eigenvalue weighted by Crippen LogP contribution is 2.21. The van der Waals surface area contributed by atoms with Crippen LogP contribution in [0, 0.1) is 0 Å². The molecule has 1 aromatic rings. The van der Waals surface area contributed by atoms with Crippen molar-refractivity contribution in [1.29, 1.82) is 0 Å². The van der Waals surface area contributed by atoms with Crippen molar-refractivity contribution < 1.29 is 0 Å². The van der Waals surface area contributed by atoms with Crippen molar-refractivity contribution in [1.82, 2.24) is 9.55 Å². The van der Waals surface area contributed by atoms with Gasteiger partial charge in [0.05, 0.1) is 0 Å². The number of nitrogens with one attached hydrogen (secondary N) is 1. The summed E-state index contributed by atoms with van der Waals surface area (Å²) in [5.74, 6) is 0. The van der Waals surface area contributed by atoms with Crippen LogP contribution in [0.2, 0.25) is 39.3 Å². The van der Waals surface area contributed by atoms with Gasteiger partial charge in [0.2, 0.25) is 0 Å². The van der Waals surface area contributed by atoms with Gasteiger partial charge in [-0.3, -0.25) is 0 Å². The minimum atomic E-state index is -1.24. The van der Waals surface area contributed by atoms with E-state index in [1.54, 1.807) is 0 Å². The number of hydrogen-bond acceptors (Lipinski definition) is 2. The molecule has 1 rings (SSSR count). The van der Waals surface area contributed by atoms with Crippen molar-refractivity contribution in [2.24, 2.45) is 0 Å². The van der Waals surface area contributed by atoms with E-state index in [2.05, 4.69) is 86.1 Å². The second kappa shape index (κ2) is 9.16. The summed E-state index contributed by atoms with van der Waals surface area (Å²) in [4.78, 5) is 0. The van der Waals surface area contributed by atoms with E-state index in [1.165, 1.54) is 31.4 Å².